The molecular weight excluding hydrogens is 210 g/mol. The van der Waals surface area contributed by atoms with Gasteiger partial charge in [-0.05, 0) is 32.4 Å². The maximum atomic E-state index is 4.30. The third kappa shape index (κ3) is 2.67. The summed E-state index contributed by atoms with van der Waals surface area (Å²) in [5, 5.41) is 7.81. The van der Waals surface area contributed by atoms with Gasteiger partial charge in [-0.3, -0.25) is 4.68 Å². The number of hydrogen-bond acceptors (Lipinski definition) is 2. The predicted molar refractivity (Wildman–Crippen MR) is 71.1 cm³/mol. The lowest BCUT2D eigenvalue weighted by Crippen LogP contribution is -2.06. The number of aryl methyl sites for hydroxylation is 2. The molecule has 1 aromatic heterocycles. The van der Waals surface area contributed by atoms with Gasteiger partial charge >= 0.3 is 0 Å². The molecule has 0 saturated heterocycles. The van der Waals surface area contributed by atoms with E-state index in [9.17, 15) is 0 Å². The Morgan fingerprint density at radius 1 is 1.35 bits per heavy atom. The molecule has 1 atom stereocenters. The van der Waals surface area contributed by atoms with Gasteiger partial charge in [0.1, 0.15) is 0 Å². The number of nitrogens with one attached hydrogen (secondary N) is 1. The minimum atomic E-state index is 0.274. The van der Waals surface area contributed by atoms with Crippen LogP contribution in [0, 0.1) is 6.92 Å². The number of benzene rings is 1. The normalized spacial score (nSPS) is 12.4. The Labute approximate surface area is 102 Å². The summed E-state index contributed by atoms with van der Waals surface area (Å²) in [5.41, 5.74) is 3.67. The highest BCUT2D eigenvalue weighted by atomic mass is 15.3. The lowest BCUT2D eigenvalue weighted by Gasteiger charge is -2.15. The first kappa shape index (κ1) is 11.7. The van der Waals surface area contributed by atoms with Crippen molar-refractivity contribution in [1.29, 1.82) is 0 Å². The Kier molecular flexibility index (Phi) is 3.47. The van der Waals surface area contributed by atoms with Crippen molar-refractivity contribution in [2.75, 3.05) is 5.32 Å². The van der Waals surface area contributed by atoms with Crippen LogP contribution in [0.4, 0.5) is 5.69 Å². The van der Waals surface area contributed by atoms with Gasteiger partial charge in [0.05, 0.1) is 12.2 Å². The van der Waals surface area contributed by atoms with E-state index in [0.29, 0.717) is 0 Å². The largest absolute Gasteiger partial charge is 0.378 e. The minimum Gasteiger partial charge on any atom is -0.378 e. The number of aromatic nitrogens is 2. The van der Waals surface area contributed by atoms with E-state index in [1.165, 1.54) is 16.8 Å². The Morgan fingerprint density at radius 3 is 2.76 bits per heavy atom. The van der Waals surface area contributed by atoms with E-state index in [1.54, 1.807) is 0 Å². The summed E-state index contributed by atoms with van der Waals surface area (Å²) in [6.45, 7) is 7.28. The van der Waals surface area contributed by atoms with Crippen LogP contribution in [0.25, 0.3) is 0 Å². The second kappa shape index (κ2) is 5.04. The standard InChI is InChI=1S/C14H19N3/c1-4-17-10-13(9-15-17)12(3)16-14-8-6-5-7-11(14)2/h5-10,12,16H,4H2,1-3H3. The first-order valence-corrected chi connectivity index (χ1v) is 6.05. The van der Waals surface area contributed by atoms with Crippen molar-refractivity contribution in [2.24, 2.45) is 0 Å². The zero-order valence-corrected chi connectivity index (χ0v) is 10.6. The van der Waals surface area contributed by atoms with Crippen LogP contribution < -0.4 is 5.32 Å². The summed E-state index contributed by atoms with van der Waals surface area (Å²) in [6, 6.07) is 8.61. The third-order valence-electron chi connectivity index (χ3n) is 2.99. The van der Waals surface area contributed by atoms with E-state index in [2.05, 4.69) is 61.6 Å². The Bertz CT molecular complexity index is 488. The van der Waals surface area contributed by atoms with Gasteiger partial charge in [0, 0.05) is 24.0 Å². The van der Waals surface area contributed by atoms with E-state index < -0.39 is 0 Å². The first-order valence-electron chi connectivity index (χ1n) is 6.05. The zero-order chi connectivity index (χ0) is 12.3. The van der Waals surface area contributed by atoms with Gasteiger partial charge in [-0.15, -0.1) is 0 Å². The van der Waals surface area contributed by atoms with E-state index >= 15 is 0 Å². The van der Waals surface area contributed by atoms with Crippen molar-refractivity contribution in [3.05, 3.63) is 47.8 Å². The fourth-order valence-electron chi connectivity index (χ4n) is 1.83. The maximum Gasteiger partial charge on any atom is 0.0542 e. The second-order valence-electron chi connectivity index (χ2n) is 4.31. The third-order valence-corrected chi connectivity index (χ3v) is 2.99. The molecule has 3 nitrogen and oxygen atoms in total. The van der Waals surface area contributed by atoms with Crippen LogP contribution in [0.1, 0.15) is 31.0 Å². The Hall–Kier alpha value is -1.77. The summed E-state index contributed by atoms with van der Waals surface area (Å²) >= 11 is 0. The summed E-state index contributed by atoms with van der Waals surface area (Å²) in [5.74, 6) is 0. The van der Waals surface area contributed by atoms with Gasteiger partial charge in [0.15, 0.2) is 0 Å². The number of nitrogens with zero attached hydrogens (tertiary/aromatic N) is 2. The predicted octanol–water partition coefficient (Wildman–Crippen LogP) is 3.38. The van der Waals surface area contributed by atoms with Crippen LogP contribution in [-0.2, 0) is 6.54 Å². The smallest absolute Gasteiger partial charge is 0.0542 e. The molecule has 0 fully saturated rings. The quantitative estimate of drug-likeness (QED) is 0.871. The highest BCUT2D eigenvalue weighted by molar-refractivity contribution is 5.51. The molecule has 0 aliphatic carbocycles. The Morgan fingerprint density at radius 2 is 2.12 bits per heavy atom. The van der Waals surface area contributed by atoms with Gasteiger partial charge in [-0.25, -0.2) is 0 Å². The maximum absolute atomic E-state index is 4.30. The first-order chi connectivity index (χ1) is 8.20. The number of rotatable bonds is 4. The SMILES string of the molecule is CCn1cc(C(C)Nc2ccccc2C)cn1. The second-order valence-corrected chi connectivity index (χ2v) is 4.31. The summed E-state index contributed by atoms with van der Waals surface area (Å²) in [4.78, 5) is 0. The highest BCUT2D eigenvalue weighted by Crippen LogP contribution is 2.21. The van der Waals surface area contributed by atoms with Crippen LogP contribution in [0.5, 0.6) is 0 Å². The topological polar surface area (TPSA) is 29.9 Å². The van der Waals surface area contributed by atoms with Gasteiger partial charge < -0.3 is 5.32 Å². The molecule has 1 unspecified atom stereocenters. The van der Waals surface area contributed by atoms with Crippen LogP contribution in [-0.4, -0.2) is 9.78 Å². The van der Waals surface area contributed by atoms with Crippen LogP contribution in [0.2, 0.25) is 0 Å². The van der Waals surface area contributed by atoms with Gasteiger partial charge in [-0.1, -0.05) is 18.2 Å². The molecule has 1 heterocycles. The highest BCUT2D eigenvalue weighted by Gasteiger charge is 2.08. The van der Waals surface area contributed by atoms with Crippen LogP contribution in [0.3, 0.4) is 0 Å². The van der Waals surface area contributed by atoms with Crippen molar-refractivity contribution in [3.8, 4) is 0 Å². The van der Waals surface area contributed by atoms with Crippen molar-refractivity contribution in [3.63, 3.8) is 0 Å². The molecule has 0 bridgehead atoms. The fraction of sp³-hybridized carbons (Fsp3) is 0.357. The lowest BCUT2D eigenvalue weighted by molar-refractivity contribution is 0.658. The van der Waals surface area contributed by atoms with Gasteiger partial charge in [0.25, 0.3) is 0 Å². The molecule has 90 valence electrons. The van der Waals surface area contributed by atoms with E-state index in [4.69, 9.17) is 0 Å². The number of anilines is 1. The van der Waals surface area contributed by atoms with Crippen LogP contribution >= 0.6 is 0 Å². The monoisotopic (exact) mass is 229 g/mol. The van der Waals surface area contributed by atoms with E-state index in [-0.39, 0.29) is 6.04 Å². The van der Waals surface area contributed by atoms with E-state index in [0.717, 1.165) is 6.54 Å². The molecule has 3 heteroatoms. The Balaban J connectivity index is 2.11. The summed E-state index contributed by atoms with van der Waals surface area (Å²) in [7, 11) is 0. The molecule has 0 saturated carbocycles. The summed E-state index contributed by atoms with van der Waals surface area (Å²) in [6.07, 6.45) is 4.02. The molecular formula is C14H19N3. The van der Waals surface area contributed by atoms with Crippen LogP contribution in [0.15, 0.2) is 36.7 Å². The van der Waals surface area contributed by atoms with Gasteiger partial charge in [-0.2, -0.15) is 5.10 Å². The summed E-state index contributed by atoms with van der Waals surface area (Å²) < 4.78 is 1.95. The van der Waals surface area contributed by atoms with Crippen molar-refractivity contribution in [2.45, 2.75) is 33.4 Å². The molecule has 2 aromatic rings. The molecule has 2 rings (SSSR count). The van der Waals surface area contributed by atoms with Crippen molar-refractivity contribution >= 4 is 5.69 Å². The molecule has 1 N–H and O–H groups in total. The molecule has 1 aromatic carbocycles. The van der Waals surface area contributed by atoms with Crippen molar-refractivity contribution in [1.82, 2.24) is 9.78 Å². The zero-order valence-electron chi connectivity index (χ0n) is 10.6. The van der Waals surface area contributed by atoms with Crippen molar-refractivity contribution < 1.29 is 0 Å². The molecule has 0 aliphatic rings. The average molecular weight is 229 g/mol. The fourth-order valence-corrected chi connectivity index (χ4v) is 1.83. The molecule has 17 heavy (non-hydrogen) atoms. The minimum absolute atomic E-state index is 0.274. The molecule has 0 radical (unpaired) electrons. The number of para-hydroxylation sites is 1. The molecule has 0 amide bonds. The molecule has 0 aliphatic heterocycles. The van der Waals surface area contributed by atoms with Gasteiger partial charge in [0.2, 0.25) is 0 Å². The van der Waals surface area contributed by atoms with E-state index in [1.807, 2.05) is 10.9 Å². The molecule has 0 spiro atoms. The average Bonchev–Trinajstić information content (AvgIpc) is 2.81. The number of hydrogen-bond donors (Lipinski definition) is 1. The lowest BCUT2D eigenvalue weighted by atomic mass is 10.1.